The van der Waals surface area contributed by atoms with E-state index in [9.17, 15) is 0 Å². The predicted molar refractivity (Wildman–Crippen MR) is 48.7 cm³/mol. The molecule has 0 aliphatic rings. The van der Waals surface area contributed by atoms with Gasteiger partial charge in [0, 0.05) is 6.20 Å². The number of aromatic nitrogens is 1. The Hall–Kier alpha value is -0.800. The molecule has 0 radical (unpaired) electrons. The Morgan fingerprint density at radius 1 is 1.45 bits per heavy atom. The van der Waals surface area contributed by atoms with E-state index in [1.54, 1.807) is 12.4 Å². The Balaban J connectivity index is 0.000001000. The topological polar surface area (TPSA) is 64.9 Å². The number of halogens is 1. The lowest BCUT2D eigenvalue weighted by Gasteiger charge is -2.00. The molecule has 3 nitrogen and oxygen atoms in total. The van der Waals surface area contributed by atoms with E-state index in [-0.39, 0.29) is 12.4 Å². The number of nitrogens with zero attached hydrogens (tertiary/aromatic N) is 1. The number of hydrogen-bond acceptors (Lipinski definition) is 3. The van der Waals surface area contributed by atoms with Gasteiger partial charge in [-0.2, -0.15) is 0 Å². The molecule has 0 aliphatic carbocycles. The lowest BCUT2D eigenvalue weighted by Crippen LogP contribution is -2.05. The zero-order chi connectivity index (χ0) is 7.40. The molecule has 11 heavy (non-hydrogen) atoms. The van der Waals surface area contributed by atoms with E-state index in [0.717, 1.165) is 17.7 Å². The van der Waals surface area contributed by atoms with Gasteiger partial charge in [0.25, 0.3) is 0 Å². The van der Waals surface area contributed by atoms with E-state index in [4.69, 9.17) is 11.5 Å². The van der Waals surface area contributed by atoms with Crippen molar-refractivity contribution in [1.29, 1.82) is 0 Å². The molecular formula is C7H12ClN3. The van der Waals surface area contributed by atoms with Crippen LogP contribution in [0.3, 0.4) is 0 Å². The molecule has 4 N–H and O–H groups in total. The second-order valence-corrected chi connectivity index (χ2v) is 2.11. The van der Waals surface area contributed by atoms with Crippen LogP contribution in [0.25, 0.3) is 0 Å². The highest BCUT2D eigenvalue weighted by molar-refractivity contribution is 5.85. The minimum absolute atomic E-state index is 0. The molecule has 0 atom stereocenters. The molecule has 0 fully saturated rings. The lowest BCUT2D eigenvalue weighted by molar-refractivity contribution is 0.967. The van der Waals surface area contributed by atoms with Crippen molar-refractivity contribution >= 4 is 18.1 Å². The van der Waals surface area contributed by atoms with Crippen LogP contribution >= 0.6 is 12.4 Å². The van der Waals surface area contributed by atoms with Crippen LogP contribution in [-0.2, 0) is 6.42 Å². The Morgan fingerprint density at radius 2 is 2.18 bits per heavy atom. The van der Waals surface area contributed by atoms with Gasteiger partial charge in [0.1, 0.15) is 0 Å². The molecule has 0 unspecified atom stereocenters. The van der Waals surface area contributed by atoms with Gasteiger partial charge in [0.2, 0.25) is 0 Å². The second kappa shape index (κ2) is 4.93. The van der Waals surface area contributed by atoms with Gasteiger partial charge in [-0.05, 0) is 24.6 Å². The van der Waals surface area contributed by atoms with Crippen molar-refractivity contribution in [3.8, 4) is 0 Å². The first-order valence-corrected chi connectivity index (χ1v) is 3.23. The van der Waals surface area contributed by atoms with Gasteiger partial charge in [-0.15, -0.1) is 12.4 Å². The first kappa shape index (κ1) is 10.2. The molecule has 62 valence electrons. The number of rotatable bonds is 2. The summed E-state index contributed by atoms with van der Waals surface area (Å²) in [6, 6.07) is 1.89. The van der Waals surface area contributed by atoms with Crippen molar-refractivity contribution in [2.45, 2.75) is 6.42 Å². The van der Waals surface area contributed by atoms with Crippen molar-refractivity contribution in [1.82, 2.24) is 4.98 Å². The van der Waals surface area contributed by atoms with E-state index in [1.807, 2.05) is 6.07 Å². The Kier molecular flexibility index (Phi) is 4.57. The minimum Gasteiger partial charge on any atom is -0.397 e. The molecular weight excluding hydrogens is 162 g/mol. The standard InChI is InChI=1S/C7H11N3.ClH/c8-3-1-6-2-4-10-5-7(6)9;/h2,4-5H,1,3,8-9H2;1H. The SMILES string of the molecule is Cl.NCCc1ccncc1N. The normalized spacial score (nSPS) is 8.82. The fraction of sp³-hybridized carbons (Fsp3) is 0.286. The molecule has 1 heterocycles. The summed E-state index contributed by atoms with van der Waals surface area (Å²) in [4.78, 5) is 3.86. The minimum atomic E-state index is 0. The Morgan fingerprint density at radius 3 is 2.73 bits per heavy atom. The monoisotopic (exact) mass is 173 g/mol. The summed E-state index contributed by atoms with van der Waals surface area (Å²) < 4.78 is 0. The zero-order valence-corrected chi connectivity index (χ0v) is 6.97. The van der Waals surface area contributed by atoms with Crippen LogP contribution in [0.15, 0.2) is 18.5 Å². The summed E-state index contributed by atoms with van der Waals surface area (Å²) in [6.07, 6.45) is 4.20. The summed E-state index contributed by atoms with van der Waals surface area (Å²) >= 11 is 0. The highest BCUT2D eigenvalue weighted by Crippen LogP contribution is 2.07. The molecule has 1 rings (SSSR count). The maximum absolute atomic E-state index is 5.59. The van der Waals surface area contributed by atoms with E-state index < -0.39 is 0 Å². The third-order valence-electron chi connectivity index (χ3n) is 1.36. The van der Waals surface area contributed by atoms with Crippen LogP contribution in [0, 0.1) is 0 Å². The molecule has 1 aromatic heterocycles. The molecule has 0 saturated heterocycles. The summed E-state index contributed by atoms with van der Waals surface area (Å²) in [6.45, 7) is 0.633. The van der Waals surface area contributed by atoms with Crippen molar-refractivity contribution in [3.05, 3.63) is 24.0 Å². The van der Waals surface area contributed by atoms with Crippen molar-refractivity contribution in [3.63, 3.8) is 0 Å². The van der Waals surface area contributed by atoms with E-state index in [0.29, 0.717) is 6.54 Å². The highest BCUT2D eigenvalue weighted by atomic mass is 35.5. The van der Waals surface area contributed by atoms with Crippen molar-refractivity contribution in [2.75, 3.05) is 12.3 Å². The van der Waals surface area contributed by atoms with Gasteiger partial charge < -0.3 is 11.5 Å². The fourth-order valence-corrected chi connectivity index (χ4v) is 0.819. The van der Waals surface area contributed by atoms with Crippen LogP contribution in [0.2, 0.25) is 0 Å². The van der Waals surface area contributed by atoms with Gasteiger partial charge in [0.05, 0.1) is 11.9 Å². The van der Waals surface area contributed by atoms with Crippen LogP contribution in [0.4, 0.5) is 5.69 Å². The molecule has 0 bridgehead atoms. The highest BCUT2D eigenvalue weighted by Gasteiger charge is 1.94. The third-order valence-corrected chi connectivity index (χ3v) is 1.36. The first-order chi connectivity index (χ1) is 4.84. The number of anilines is 1. The summed E-state index contributed by atoms with van der Waals surface area (Å²) in [5.41, 5.74) is 12.8. The quantitative estimate of drug-likeness (QED) is 0.688. The zero-order valence-electron chi connectivity index (χ0n) is 6.16. The van der Waals surface area contributed by atoms with Gasteiger partial charge in [-0.25, -0.2) is 0 Å². The summed E-state index contributed by atoms with van der Waals surface area (Å²) in [5.74, 6) is 0. The van der Waals surface area contributed by atoms with E-state index in [2.05, 4.69) is 4.98 Å². The maximum Gasteiger partial charge on any atom is 0.0533 e. The largest absolute Gasteiger partial charge is 0.397 e. The van der Waals surface area contributed by atoms with Crippen molar-refractivity contribution in [2.24, 2.45) is 5.73 Å². The predicted octanol–water partition coefficient (Wildman–Crippen LogP) is 0.587. The third kappa shape index (κ3) is 2.74. The van der Waals surface area contributed by atoms with Crippen LogP contribution < -0.4 is 11.5 Å². The molecule has 0 aromatic carbocycles. The van der Waals surface area contributed by atoms with Gasteiger partial charge in [0.15, 0.2) is 0 Å². The molecule has 0 amide bonds. The van der Waals surface area contributed by atoms with Crippen molar-refractivity contribution < 1.29 is 0 Å². The maximum atomic E-state index is 5.59. The first-order valence-electron chi connectivity index (χ1n) is 3.23. The van der Waals surface area contributed by atoms with Crippen LogP contribution in [0.1, 0.15) is 5.56 Å². The van der Waals surface area contributed by atoms with Gasteiger partial charge in [-0.3, -0.25) is 4.98 Å². The number of hydrogen-bond donors (Lipinski definition) is 2. The van der Waals surface area contributed by atoms with Gasteiger partial charge >= 0.3 is 0 Å². The number of nitrogens with two attached hydrogens (primary N) is 2. The molecule has 1 aromatic rings. The summed E-state index contributed by atoms with van der Waals surface area (Å²) in [5, 5.41) is 0. The Bertz CT molecular complexity index is 215. The smallest absolute Gasteiger partial charge is 0.0533 e. The second-order valence-electron chi connectivity index (χ2n) is 2.11. The number of nitrogen functional groups attached to an aromatic ring is 1. The fourth-order valence-electron chi connectivity index (χ4n) is 0.819. The summed E-state index contributed by atoms with van der Waals surface area (Å²) in [7, 11) is 0. The van der Waals surface area contributed by atoms with Crippen LogP contribution in [0.5, 0.6) is 0 Å². The van der Waals surface area contributed by atoms with Crippen LogP contribution in [-0.4, -0.2) is 11.5 Å². The van der Waals surface area contributed by atoms with Gasteiger partial charge in [-0.1, -0.05) is 0 Å². The Labute approximate surface area is 72.2 Å². The van der Waals surface area contributed by atoms with E-state index in [1.165, 1.54) is 0 Å². The number of pyridine rings is 1. The molecule has 0 saturated carbocycles. The average molecular weight is 174 g/mol. The average Bonchev–Trinajstić information content (AvgIpc) is 1.94. The molecule has 0 aliphatic heterocycles. The molecule has 0 spiro atoms. The lowest BCUT2D eigenvalue weighted by atomic mass is 10.2. The molecule has 4 heteroatoms. The van der Waals surface area contributed by atoms with E-state index >= 15 is 0 Å².